The van der Waals surface area contributed by atoms with Crippen molar-refractivity contribution in [1.29, 1.82) is 0 Å². The van der Waals surface area contributed by atoms with Crippen molar-refractivity contribution in [3.8, 4) is 0 Å². The van der Waals surface area contributed by atoms with Crippen LogP contribution in [0.1, 0.15) is 32.6 Å². The Hall–Kier alpha value is -1.63. The number of H-pyrrole nitrogens is 2. The van der Waals surface area contributed by atoms with E-state index in [2.05, 4.69) is 15.2 Å². The Kier molecular flexibility index (Phi) is 3.81. The van der Waals surface area contributed by atoms with Gasteiger partial charge in [-0.3, -0.25) is 9.78 Å². The van der Waals surface area contributed by atoms with E-state index in [1.54, 1.807) is 6.92 Å². The number of hydrogen-bond donors (Lipinski definition) is 3. The molecule has 2 atom stereocenters. The van der Waals surface area contributed by atoms with Crippen LogP contribution >= 0.6 is 0 Å². The lowest BCUT2D eigenvalue weighted by atomic mass is 9.97. The summed E-state index contributed by atoms with van der Waals surface area (Å²) in [5.74, 6) is 0.236. The van der Waals surface area contributed by atoms with Crippen molar-refractivity contribution in [2.45, 2.75) is 44.8 Å². The molecule has 2 unspecified atom stereocenters. The normalized spacial score (nSPS) is 21.9. The van der Waals surface area contributed by atoms with Gasteiger partial charge in [0.05, 0.1) is 6.10 Å². The van der Waals surface area contributed by atoms with Crippen LogP contribution in [-0.4, -0.2) is 39.0 Å². The molecule has 2 heterocycles. The summed E-state index contributed by atoms with van der Waals surface area (Å²) in [6, 6.07) is 0.0956. The fourth-order valence-electron chi connectivity index (χ4n) is 2.45. The van der Waals surface area contributed by atoms with Crippen molar-refractivity contribution in [3.63, 3.8) is 0 Å². The first kappa shape index (κ1) is 12.8. The van der Waals surface area contributed by atoms with Crippen LogP contribution in [-0.2, 0) is 0 Å². The predicted molar refractivity (Wildman–Crippen MR) is 66.8 cm³/mol. The number of aromatic nitrogens is 3. The van der Waals surface area contributed by atoms with Crippen LogP contribution in [0, 0.1) is 0 Å². The van der Waals surface area contributed by atoms with Gasteiger partial charge in [-0.05, 0) is 32.6 Å². The molecule has 0 aromatic carbocycles. The number of aromatic amines is 2. The van der Waals surface area contributed by atoms with Gasteiger partial charge in [-0.2, -0.15) is 0 Å². The Bertz CT molecular complexity index is 508. The highest BCUT2D eigenvalue weighted by Crippen LogP contribution is 2.23. The van der Waals surface area contributed by atoms with Gasteiger partial charge < -0.3 is 10.0 Å². The quantitative estimate of drug-likeness (QED) is 0.680. The molecule has 1 aromatic rings. The van der Waals surface area contributed by atoms with Crippen molar-refractivity contribution >= 4 is 5.82 Å². The number of nitrogens with zero attached hydrogens (tertiary/aromatic N) is 2. The summed E-state index contributed by atoms with van der Waals surface area (Å²) in [7, 11) is 0. The number of piperidine rings is 1. The Labute approximate surface area is 104 Å². The van der Waals surface area contributed by atoms with E-state index in [9.17, 15) is 14.7 Å². The third kappa shape index (κ3) is 2.79. The van der Waals surface area contributed by atoms with E-state index in [0.717, 1.165) is 25.8 Å². The summed E-state index contributed by atoms with van der Waals surface area (Å²) in [6.45, 7) is 2.46. The van der Waals surface area contributed by atoms with E-state index >= 15 is 0 Å². The molecule has 0 aliphatic carbocycles. The number of anilines is 1. The molecule has 0 bridgehead atoms. The Morgan fingerprint density at radius 2 is 2.28 bits per heavy atom. The van der Waals surface area contributed by atoms with E-state index in [4.69, 9.17) is 0 Å². The van der Waals surface area contributed by atoms with Gasteiger partial charge in [0.1, 0.15) is 0 Å². The van der Waals surface area contributed by atoms with Crippen LogP contribution in [0.3, 0.4) is 0 Å². The van der Waals surface area contributed by atoms with E-state index in [-0.39, 0.29) is 11.9 Å². The third-order valence-corrected chi connectivity index (χ3v) is 3.21. The van der Waals surface area contributed by atoms with Gasteiger partial charge >= 0.3 is 5.69 Å². The van der Waals surface area contributed by atoms with Crippen molar-refractivity contribution < 1.29 is 5.11 Å². The highest BCUT2D eigenvalue weighted by molar-refractivity contribution is 5.36. The molecule has 18 heavy (non-hydrogen) atoms. The number of rotatable bonds is 3. The molecule has 0 amide bonds. The largest absolute Gasteiger partial charge is 0.393 e. The van der Waals surface area contributed by atoms with E-state index in [1.807, 2.05) is 4.90 Å². The van der Waals surface area contributed by atoms with Crippen LogP contribution < -0.4 is 16.1 Å². The maximum atomic E-state index is 11.7. The summed E-state index contributed by atoms with van der Waals surface area (Å²) < 4.78 is 0. The summed E-state index contributed by atoms with van der Waals surface area (Å²) in [5, 5.41) is 15.6. The van der Waals surface area contributed by atoms with Crippen LogP contribution in [0.15, 0.2) is 9.59 Å². The van der Waals surface area contributed by atoms with Gasteiger partial charge in [-0.1, -0.05) is 0 Å². The first-order valence-electron chi connectivity index (χ1n) is 6.21. The van der Waals surface area contributed by atoms with E-state index in [1.165, 1.54) is 0 Å². The maximum absolute atomic E-state index is 11.7. The van der Waals surface area contributed by atoms with Crippen LogP contribution in [0.5, 0.6) is 0 Å². The monoisotopic (exact) mass is 254 g/mol. The topological polar surface area (TPSA) is 102 Å². The van der Waals surface area contributed by atoms with Crippen LogP contribution in [0.25, 0.3) is 0 Å². The standard InChI is InChI=1S/C11H18N4O3/c1-7(16)6-8-4-2-3-5-15(8)9-10(17)12-11(18)14-13-9/h7-8,16H,2-6H2,1H3,(H2,12,14,17,18). The molecule has 2 rings (SSSR count). The lowest BCUT2D eigenvalue weighted by Gasteiger charge is -2.36. The summed E-state index contributed by atoms with van der Waals surface area (Å²) in [4.78, 5) is 26.7. The lowest BCUT2D eigenvalue weighted by Crippen LogP contribution is -2.45. The van der Waals surface area contributed by atoms with Crippen molar-refractivity contribution in [2.24, 2.45) is 0 Å². The SMILES string of the molecule is CC(O)CC1CCCCN1c1n[nH]c(=O)[nH]c1=O. The van der Waals surface area contributed by atoms with Gasteiger partial charge in [0.2, 0.25) is 5.82 Å². The van der Waals surface area contributed by atoms with Crippen molar-refractivity contribution in [3.05, 3.63) is 20.8 Å². The molecule has 0 spiro atoms. The Morgan fingerprint density at radius 3 is 2.94 bits per heavy atom. The Morgan fingerprint density at radius 1 is 1.50 bits per heavy atom. The zero-order chi connectivity index (χ0) is 13.1. The second-order valence-corrected chi connectivity index (χ2v) is 4.76. The number of aliphatic hydroxyl groups is 1. The molecule has 1 aliphatic heterocycles. The molecule has 1 fully saturated rings. The molecule has 1 aromatic heterocycles. The average Bonchev–Trinajstić information content (AvgIpc) is 2.30. The van der Waals surface area contributed by atoms with Gasteiger partial charge in [0, 0.05) is 12.6 Å². The first-order chi connectivity index (χ1) is 8.58. The van der Waals surface area contributed by atoms with Gasteiger partial charge in [0.15, 0.2) is 0 Å². The molecule has 100 valence electrons. The van der Waals surface area contributed by atoms with Gasteiger partial charge in [0.25, 0.3) is 5.56 Å². The molecule has 3 N–H and O–H groups in total. The molecule has 1 saturated heterocycles. The minimum Gasteiger partial charge on any atom is -0.393 e. The summed E-state index contributed by atoms with van der Waals surface area (Å²) in [5.41, 5.74) is -1.08. The zero-order valence-corrected chi connectivity index (χ0v) is 10.3. The molecular formula is C11H18N4O3. The second-order valence-electron chi connectivity index (χ2n) is 4.76. The molecule has 0 radical (unpaired) electrons. The second kappa shape index (κ2) is 5.34. The first-order valence-corrected chi connectivity index (χ1v) is 6.21. The Balaban J connectivity index is 2.27. The van der Waals surface area contributed by atoms with Gasteiger partial charge in [-0.15, -0.1) is 5.10 Å². The number of aliphatic hydroxyl groups excluding tert-OH is 1. The van der Waals surface area contributed by atoms with E-state index < -0.39 is 17.4 Å². The predicted octanol–water partition coefficient (Wildman–Crippen LogP) is -0.412. The molecular weight excluding hydrogens is 236 g/mol. The average molecular weight is 254 g/mol. The zero-order valence-electron chi connectivity index (χ0n) is 10.3. The molecule has 0 saturated carbocycles. The van der Waals surface area contributed by atoms with E-state index in [0.29, 0.717) is 6.42 Å². The number of hydrogen-bond acceptors (Lipinski definition) is 5. The molecule has 7 nitrogen and oxygen atoms in total. The smallest absolute Gasteiger partial charge is 0.342 e. The van der Waals surface area contributed by atoms with Crippen molar-refractivity contribution in [1.82, 2.24) is 15.2 Å². The highest BCUT2D eigenvalue weighted by Gasteiger charge is 2.26. The molecule has 7 heteroatoms. The van der Waals surface area contributed by atoms with Crippen LogP contribution in [0.2, 0.25) is 0 Å². The van der Waals surface area contributed by atoms with Crippen molar-refractivity contribution in [2.75, 3.05) is 11.4 Å². The maximum Gasteiger partial charge on any atom is 0.342 e. The fourth-order valence-corrected chi connectivity index (χ4v) is 2.45. The number of nitrogens with one attached hydrogen (secondary N) is 2. The third-order valence-electron chi connectivity index (χ3n) is 3.21. The minimum absolute atomic E-state index is 0.0956. The lowest BCUT2D eigenvalue weighted by molar-refractivity contribution is 0.167. The molecule has 1 aliphatic rings. The van der Waals surface area contributed by atoms with Gasteiger partial charge in [-0.25, -0.2) is 9.89 Å². The minimum atomic E-state index is -0.604. The summed E-state index contributed by atoms with van der Waals surface area (Å²) in [6.07, 6.45) is 3.16. The van der Waals surface area contributed by atoms with Crippen LogP contribution in [0.4, 0.5) is 5.82 Å². The highest BCUT2D eigenvalue weighted by atomic mass is 16.3. The fraction of sp³-hybridized carbons (Fsp3) is 0.727. The summed E-state index contributed by atoms with van der Waals surface area (Å²) >= 11 is 0.